The third kappa shape index (κ3) is 4.69. The van der Waals surface area contributed by atoms with Crippen LogP contribution in [-0.4, -0.2) is 12.5 Å². The zero-order chi connectivity index (χ0) is 17.0. The summed E-state index contributed by atoms with van der Waals surface area (Å²) >= 11 is 2.80. The molecule has 0 heterocycles. The van der Waals surface area contributed by atoms with Crippen molar-refractivity contribution in [2.24, 2.45) is 0 Å². The SMILES string of the molecule is O=C(COc1ccccc1F)Nc1ccc(Br)c(C(F)(F)F)c1. The van der Waals surface area contributed by atoms with E-state index >= 15 is 0 Å². The summed E-state index contributed by atoms with van der Waals surface area (Å²) in [6, 6.07) is 8.77. The Hall–Kier alpha value is -2.09. The van der Waals surface area contributed by atoms with Crippen molar-refractivity contribution in [1.29, 1.82) is 0 Å². The van der Waals surface area contributed by atoms with E-state index in [1.807, 2.05) is 0 Å². The summed E-state index contributed by atoms with van der Waals surface area (Å²) in [4.78, 5) is 11.7. The molecule has 0 unspecified atom stereocenters. The lowest BCUT2D eigenvalue weighted by atomic mass is 10.2. The predicted molar refractivity (Wildman–Crippen MR) is 79.7 cm³/mol. The van der Waals surface area contributed by atoms with Crippen LogP contribution in [0.4, 0.5) is 23.2 Å². The van der Waals surface area contributed by atoms with Crippen LogP contribution < -0.4 is 10.1 Å². The van der Waals surface area contributed by atoms with Gasteiger partial charge in [0.15, 0.2) is 18.2 Å². The normalized spacial score (nSPS) is 11.2. The molecule has 0 atom stereocenters. The molecule has 0 bridgehead atoms. The zero-order valence-electron chi connectivity index (χ0n) is 11.5. The van der Waals surface area contributed by atoms with E-state index in [-0.39, 0.29) is 15.9 Å². The minimum atomic E-state index is -4.55. The molecule has 2 aromatic carbocycles. The number of anilines is 1. The van der Waals surface area contributed by atoms with Gasteiger partial charge in [-0.1, -0.05) is 28.1 Å². The molecule has 0 aliphatic rings. The molecular weight excluding hydrogens is 382 g/mol. The van der Waals surface area contributed by atoms with Gasteiger partial charge < -0.3 is 10.1 Å². The molecule has 2 rings (SSSR count). The van der Waals surface area contributed by atoms with Gasteiger partial charge in [0.1, 0.15) is 0 Å². The zero-order valence-corrected chi connectivity index (χ0v) is 13.0. The number of para-hydroxylation sites is 1. The highest BCUT2D eigenvalue weighted by molar-refractivity contribution is 9.10. The minimum absolute atomic E-state index is 0.0392. The van der Waals surface area contributed by atoms with Gasteiger partial charge >= 0.3 is 6.18 Å². The first-order chi connectivity index (χ1) is 10.8. The number of hydrogen-bond acceptors (Lipinski definition) is 2. The molecule has 2 aromatic rings. The monoisotopic (exact) mass is 391 g/mol. The van der Waals surface area contributed by atoms with Crippen LogP contribution in [0.2, 0.25) is 0 Å². The van der Waals surface area contributed by atoms with Crippen molar-refractivity contribution in [3.63, 3.8) is 0 Å². The molecule has 3 nitrogen and oxygen atoms in total. The number of carbonyl (C=O) groups excluding carboxylic acids is 1. The van der Waals surface area contributed by atoms with Crippen molar-refractivity contribution in [2.75, 3.05) is 11.9 Å². The van der Waals surface area contributed by atoms with Crippen molar-refractivity contribution in [1.82, 2.24) is 0 Å². The number of nitrogens with one attached hydrogen (secondary N) is 1. The van der Waals surface area contributed by atoms with E-state index in [1.54, 1.807) is 0 Å². The lowest BCUT2D eigenvalue weighted by molar-refractivity contribution is -0.138. The van der Waals surface area contributed by atoms with Gasteiger partial charge in [-0.05, 0) is 30.3 Å². The van der Waals surface area contributed by atoms with E-state index in [2.05, 4.69) is 21.2 Å². The van der Waals surface area contributed by atoms with Crippen LogP contribution in [0.25, 0.3) is 0 Å². The van der Waals surface area contributed by atoms with Gasteiger partial charge in [0, 0.05) is 10.2 Å². The molecule has 0 radical (unpaired) electrons. The number of rotatable bonds is 4. The van der Waals surface area contributed by atoms with Crippen LogP contribution in [0.3, 0.4) is 0 Å². The Morgan fingerprint density at radius 2 is 1.87 bits per heavy atom. The van der Waals surface area contributed by atoms with Crippen molar-refractivity contribution >= 4 is 27.5 Å². The first-order valence-corrected chi connectivity index (χ1v) is 7.10. The molecule has 0 aliphatic carbocycles. The summed E-state index contributed by atoms with van der Waals surface area (Å²) < 4.78 is 56.5. The highest BCUT2D eigenvalue weighted by Crippen LogP contribution is 2.36. The number of alkyl halides is 3. The molecule has 0 saturated heterocycles. The van der Waals surface area contributed by atoms with Gasteiger partial charge in [-0.25, -0.2) is 4.39 Å². The van der Waals surface area contributed by atoms with Gasteiger partial charge in [-0.2, -0.15) is 13.2 Å². The second-order valence-corrected chi connectivity index (χ2v) is 5.31. The van der Waals surface area contributed by atoms with Gasteiger partial charge in [0.05, 0.1) is 5.56 Å². The van der Waals surface area contributed by atoms with E-state index < -0.39 is 30.1 Å². The Kier molecular flexibility index (Phi) is 5.25. The molecule has 0 saturated carbocycles. The summed E-state index contributed by atoms with van der Waals surface area (Å²) in [6.07, 6.45) is -4.55. The lowest BCUT2D eigenvalue weighted by Gasteiger charge is -2.12. The lowest BCUT2D eigenvalue weighted by Crippen LogP contribution is -2.21. The molecule has 1 amide bonds. The van der Waals surface area contributed by atoms with Crippen LogP contribution in [0.15, 0.2) is 46.9 Å². The molecule has 8 heteroatoms. The number of amides is 1. The van der Waals surface area contributed by atoms with Crippen molar-refractivity contribution < 1.29 is 27.1 Å². The topological polar surface area (TPSA) is 38.3 Å². The Balaban J connectivity index is 2.02. The molecule has 0 aliphatic heterocycles. The number of carbonyl (C=O) groups is 1. The van der Waals surface area contributed by atoms with E-state index in [0.717, 1.165) is 12.1 Å². The second kappa shape index (κ2) is 6.99. The Morgan fingerprint density at radius 1 is 1.17 bits per heavy atom. The van der Waals surface area contributed by atoms with Gasteiger partial charge in [-0.15, -0.1) is 0 Å². The highest BCUT2D eigenvalue weighted by atomic mass is 79.9. The third-order valence-electron chi connectivity index (χ3n) is 2.75. The fraction of sp³-hybridized carbons (Fsp3) is 0.133. The molecule has 23 heavy (non-hydrogen) atoms. The van der Waals surface area contributed by atoms with Crippen LogP contribution in [0.5, 0.6) is 5.75 Å². The van der Waals surface area contributed by atoms with Crippen molar-refractivity contribution in [3.8, 4) is 5.75 Å². The number of ether oxygens (including phenoxy) is 1. The van der Waals surface area contributed by atoms with Gasteiger partial charge in [0.2, 0.25) is 0 Å². The molecular formula is C15H10BrF4NO2. The summed E-state index contributed by atoms with van der Waals surface area (Å²) in [5, 5.41) is 2.26. The van der Waals surface area contributed by atoms with Crippen LogP contribution >= 0.6 is 15.9 Å². The van der Waals surface area contributed by atoms with Gasteiger partial charge in [-0.3, -0.25) is 4.79 Å². The largest absolute Gasteiger partial charge is 0.481 e. The Bertz CT molecular complexity index is 719. The number of hydrogen-bond donors (Lipinski definition) is 1. The van der Waals surface area contributed by atoms with E-state index in [0.29, 0.717) is 0 Å². The summed E-state index contributed by atoms with van der Waals surface area (Å²) in [5.74, 6) is -1.46. The second-order valence-electron chi connectivity index (χ2n) is 4.46. The molecule has 0 aromatic heterocycles. The Morgan fingerprint density at radius 3 is 2.52 bits per heavy atom. The van der Waals surface area contributed by atoms with Gasteiger partial charge in [0.25, 0.3) is 5.91 Å². The predicted octanol–water partition coefficient (Wildman–Crippen LogP) is 4.62. The van der Waals surface area contributed by atoms with E-state index in [4.69, 9.17) is 4.74 Å². The summed E-state index contributed by atoms with van der Waals surface area (Å²) in [7, 11) is 0. The van der Waals surface area contributed by atoms with Crippen LogP contribution in [0, 0.1) is 5.82 Å². The fourth-order valence-electron chi connectivity index (χ4n) is 1.72. The maximum Gasteiger partial charge on any atom is 0.417 e. The van der Waals surface area contributed by atoms with E-state index in [1.165, 1.54) is 30.3 Å². The van der Waals surface area contributed by atoms with Crippen LogP contribution in [0.1, 0.15) is 5.56 Å². The quantitative estimate of drug-likeness (QED) is 0.771. The summed E-state index contributed by atoms with van der Waals surface area (Å²) in [6.45, 7) is -0.529. The van der Waals surface area contributed by atoms with E-state index in [9.17, 15) is 22.4 Å². The average molecular weight is 392 g/mol. The first kappa shape index (κ1) is 17.3. The fourth-order valence-corrected chi connectivity index (χ4v) is 2.19. The average Bonchev–Trinajstić information content (AvgIpc) is 2.47. The first-order valence-electron chi connectivity index (χ1n) is 6.31. The highest BCUT2D eigenvalue weighted by Gasteiger charge is 2.33. The molecule has 1 N–H and O–H groups in total. The maximum atomic E-state index is 13.3. The minimum Gasteiger partial charge on any atom is -0.481 e. The summed E-state index contributed by atoms with van der Waals surface area (Å²) in [5.41, 5.74) is -0.951. The Labute approximate surface area is 137 Å². The molecule has 122 valence electrons. The number of halogens is 5. The number of benzene rings is 2. The van der Waals surface area contributed by atoms with Crippen LogP contribution in [-0.2, 0) is 11.0 Å². The van der Waals surface area contributed by atoms with Crippen molar-refractivity contribution in [2.45, 2.75) is 6.18 Å². The third-order valence-corrected chi connectivity index (χ3v) is 3.44. The smallest absolute Gasteiger partial charge is 0.417 e. The van der Waals surface area contributed by atoms with Crippen molar-refractivity contribution in [3.05, 3.63) is 58.3 Å². The molecule has 0 spiro atoms. The standard InChI is InChI=1S/C15H10BrF4NO2/c16-11-6-5-9(7-10(11)15(18,19)20)21-14(22)8-23-13-4-2-1-3-12(13)17/h1-7H,8H2,(H,21,22). The molecule has 0 fully saturated rings. The maximum absolute atomic E-state index is 13.3.